The van der Waals surface area contributed by atoms with Gasteiger partial charge in [0.15, 0.2) is 0 Å². The number of hydrogen-bond donors (Lipinski definition) is 0. The molecule has 72 valence electrons. The standard InChI is InChI=1S/C12H12BrN/c1-12-6-10(12)11(14-7-12)8-2-4-9(13)5-3-8/h2-5,10H,6-7H2,1H3. The smallest absolute Gasteiger partial charge is 0.0458 e. The number of rotatable bonds is 1. The molecule has 3 rings (SSSR count). The van der Waals surface area contributed by atoms with Crippen molar-refractivity contribution in [2.75, 3.05) is 6.54 Å². The van der Waals surface area contributed by atoms with Crippen LogP contribution >= 0.6 is 15.9 Å². The third-order valence-electron chi connectivity index (χ3n) is 3.43. The number of benzene rings is 1. The van der Waals surface area contributed by atoms with Gasteiger partial charge in [0.2, 0.25) is 0 Å². The Labute approximate surface area is 92.4 Å². The van der Waals surface area contributed by atoms with Crippen LogP contribution in [0.4, 0.5) is 0 Å². The molecule has 0 N–H and O–H groups in total. The number of halogens is 1. The monoisotopic (exact) mass is 249 g/mol. The van der Waals surface area contributed by atoms with Crippen LogP contribution in [0, 0.1) is 11.3 Å². The molecule has 0 radical (unpaired) electrons. The van der Waals surface area contributed by atoms with E-state index in [-0.39, 0.29) is 0 Å². The fourth-order valence-electron chi connectivity index (χ4n) is 2.30. The van der Waals surface area contributed by atoms with E-state index in [2.05, 4.69) is 52.1 Å². The van der Waals surface area contributed by atoms with Gasteiger partial charge in [-0.15, -0.1) is 0 Å². The second-order valence-corrected chi connectivity index (χ2v) is 5.53. The molecule has 0 bridgehead atoms. The van der Waals surface area contributed by atoms with Crippen molar-refractivity contribution in [3.05, 3.63) is 34.3 Å². The highest BCUT2D eigenvalue weighted by atomic mass is 79.9. The largest absolute Gasteiger partial charge is 0.288 e. The zero-order valence-corrected chi connectivity index (χ0v) is 9.71. The lowest BCUT2D eigenvalue weighted by Gasteiger charge is -2.01. The maximum Gasteiger partial charge on any atom is 0.0458 e. The third kappa shape index (κ3) is 1.17. The number of hydrogen-bond acceptors (Lipinski definition) is 1. The van der Waals surface area contributed by atoms with E-state index in [4.69, 9.17) is 0 Å². The van der Waals surface area contributed by atoms with Crippen molar-refractivity contribution in [1.29, 1.82) is 0 Å². The second-order valence-electron chi connectivity index (χ2n) is 4.62. The van der Waals surface area contributed by atoms with Gasteiger partial charge in [-0.2, -0.15) is 0 Å². The Hall–Kier alpha value is -0.630. The Morgan fingerprint density at radius 3 is 2.57 bits per heavy atom. The third-order valence-corrected chi connectivity index (χ3v) is 3.96. The Morgan fingerprint density at radius 1 is 1.36 bits per heavy atom. The highest BCUT2D eigenvalue weighted by Gasteiger charge is 2.56. The first-order valence-electron chi connectivity index (χ1n) is 4.99. The molecule has 0 spiro atoms. The van der Waals surface area contributed by atoms with Crippen LogP contribution in [0.1, 0.15) is 18.9 Å². The molecule has 0 saturated heterocycles. The summed E-state index contributed by atoms with van der Waals surface area (Å²) < 4.78 is 1.14. The van der Waals surface area contributed by atoms with Crippen molar-refractivity contribution in [3.8, 4) is 0 Å². The minimum Gasteiger partial charge on any atom is -0.288 e. The van der Waals surface area contributed by atoms with Crippen LogP contribution in [0.2, 0.25) is 0 Å². The first-order chi connectivity index (χ1) is 6.69. The number of fused-ring (bicyclic) bond motifs is 1. The van der Waals surface area contributed by atoms with Crippen LogP contribution in [-0.2, 0) is 0 Å². The first kappa shape index (κ1) is 8.66. The number of aliphatic imine (C=N–C) groups is 1. The molecule has 14 heavy (non-hydrogen) atoms. The Kier molecular flexibility index (Phi) is 1.67. The Balaban J connectivity index is 1.94. The lowest BCUT2D eigenvalue weighted by molar-refractivity contribution is 0.592. The van der Waals surface area contributed by atoms with E-state index in [1.54, 1.807) is 0 Å². The summed E-state index contributed by atoms with van der Waals surface area (Å²) in [5.74, 6) is 0.740. The fraction of sp³-hybridized carbons (Fsp3) is 0.417. The van der Waals surface area contributed by atoms with Gasteiger partial charge in [0, 0.05) is 22.6 Å². The normalized spacial score (nSPS) is 33.9. The maximum absolute atomic E-state index is 4.64. The molecule has 1 aliphatic heterocycles. The fourth-order valence-corrected chi connectivity index (χ4v) is 2.56. The summed E-state index contributed by atoms with van der Waals surface area (Å²) in [5.41, 5.74) is 3.15. The molecular weight excluding hydrogens is 238 g/mol. The minimum absolute atomic E-state index is 0.516. The average molecular weight is 250 g/mol. The molecular formula is C12H12BrN. The summed E-state index contributed by atoms with van der Waals surface area (Å²) in [7, 11) is 0. The molecule has 1 nitrogen and oxygen atoms in total. The van der Waals surface area contributed by atoms with E-state index in [0.717, 1.165) is 16.9 Å². The average Bonchev–Trinajstić information content (AvgIpc) is 2.73. The van der Waals surface area contributed by atoms with Crippen molar-refractivity contribution in [2.45, 2.75) is 13.3 Å². The molecule has 2 heteroatoms. The van der Waals surface area contributed by atoms with Crippen molar-refractivity contribution in [3.63, 3.8) is 0 Å². The van der Waals surface area contributed by atoms with Gasteiger partial charge in [-0.05, 0) is 29.5 Å². The zero-order chi connectivity index (χ0) is 9.76. The van der Waals surface area contributed by atoms with Crippen LogP contribution in [-0.4, -0.2) is 12.3 Å². The van der Waals surface area contributed by atoms with Gasteiger partial charge in [-0.1, -0.05) is 35.0 Å². The molecule has 1 heterocycles. The van der Waals surface area contributed by atoms with Gasteiger partial charge < -0.3 is 0 Å². The predicted molar refractivity (Wildman–Crippen MR) is 61.8 cm³/mol. The summed E-state index contributed by atoms with van der Waals surface area (Å²) in [6.07, 6.45) is 1.34. The minimum atomic E-state index is 0.516. The SMILES string of the molecule is CC12CN=C(c3ccc(Br)cc3)C1C2. The molecule has 2 unspecified atom stereocenters. The van der Waals surface area contributed by atoms with Crippen molar-refractivity contribution < 1.29 is 0 Å². The van der Waals surface area contributed by atoms with Gasteiger partial charge >= 0.3 is 0 Å². The molecule has 2 aliphatic rings. The highest BCUT2D eigenvalue weighted by Crippen LogP contribution is 2.57. The zero-order valence-electron chi connectivity index (χ0n) is 8.13. The van der Waals surface area contributed by atoms with Crippen LogP contribution in [0.3, 0.4) is 0 Å². The molecule has 1 fully saturated rings. The van der Waals surface area contributed by atoms with Gasteiger partial charge in [-0.3, -0.25) is 4.99 Å². The second kappa shape index (κ2) is 2.69. The van der Waals surface area contributed by atoms with E-state index < -0.39 is 0 Å². The van der Waals surface area contributed by atoms with Crippen LogP contribution in [0.15, 0.2) is 33.7 Å². The van der Waals surface area contributed by atoms with E-state index >= 15 is 0 Å². The lowest BCUT2D eigenvalue weighted by Crippen LogP contribution is -2.02. The lowest BCUT2D eigenvalue weighted by atomic mass is 10.0. The van der Waals surface area contributed by atoms with Gasteiger partial charge in [0.05, 0.1) is 0 Å². The van der Waals surface area contributed by atoms with Gasteiger partial charge in [0.1, 0.15) is 0 Å². The van der Waals surface area contributed by atoms with Crippen LogP contribution in [0.5, 0.6) is 0 Å². The van der Waals surface area contributed by atoms with E-state index in [0.29, 0.717) is 5.41 Å². The first-order valence-corrected chi connectivity index (χ1v) is 5.79. The molecule has 1 aliphatic carbocycles. The summed E-state index contributed by atoms with van der Waals surface area (Å²) in [4.78, 5) is 4.64. The van der Waals surface area contributed by atoms with Crippen molar-refractivity contribution in [1.82, 2.24) is 0 Å². The number of nitrogens with zero attached hydrogens (tertiary/aromatic N) is 1. The predicted octanol–water partition coefficient (Wildman–Crippen LogP) is 3.28. The molecule has 1 aromatic carbocycles. The Morgan fingerprint density at radius 2 is 2.07 bits per heavy atom. The van der Waals surface area contributed by atoms with Crippen LogP contribution in [0.25, 0.3) is 0 Å². The van der Waals surface area contributed by atoms with E-state index in [1.807, 2.05) is 0 Å². The quantitative estimate of drug-likeness (QED) is 0.725. The summed E-state index contributed by atoms with van der Waals surface area (Å²) in [6, 6.07) is 8.51. The summed E-state index contributed by atoms with van der Waals surface area (Å²) in [6.45, 7) is 3.37. The maximum atomic E-state index is 4.64. The van der Waals surface area contributed by atoms with Crippen LogP contribution < -0.4 is 0 Å². The van der Waals surface area contributed by atoms with Gasteiger partial charge in [0.25, 0.3) is 0 Å². The highest BCUT2D eigenvalue weighted by molar-refractivity contribution is 9.10. The van der Waals surface area contributed by atoms with E-state index in [1.165, 1.54) is 17.7 Å². The summed E-state index contributed by atoms with van der Waals surface area (Å²) >= 11 is 3.45. The molecule has 2 atom stereocenters. The Bertz CT molecular complexity index is 407. The molecule has 0 amide bonds. The van der Waals surface area contributed by atoms with Crippen molar-refractivity contribution >= 4 is 21.6 Å². The summed E-state index contributed by atoms with van der Waals surface area (Å²) in [5, 5.41) is 0. The molecule has 1 aromatic rings. The van der Waals surface area contributed by atoms with E-state index in [9.17, 15) is 0 Å². The molecule has 0 aromatic heterocycles. The van der Waals surface area contributed by atoms with Crippen molar-refractivity contribution in [2.24, 2.45) is 16.3 Å². The topological polar surface area (TPSA) is 12.4 Å². The molecule has 1 saturated carbocycles. The van der Waals surface area contributed by atoms with Gasteiger partial charge in [-0.25, -0.2) is 0 Å².